The zero-order valence-corrected chi connectivity index (χ0v) is 20.8. The lowest BCUT2D eigenvalue weighted by atomic mass is 10.1. The van der Waals surface area contributed by atoms with Crippen LogP contribution in [0.25, 0.3) is 16.9 Å². The normalized spacial score (nSPS) is 11.1. The molecule has 186 valence electrons. The second-order valence-corrected chi connectivity index (χ2v) is 8.92. The van der Waals surface area contributed by atoms with Crippen molar-refractivity contribution in [3.63, 3.8) is 0 Å². The van der Waals surface area contributed by atoms with Crippen LogP contribution in [0.3, 0.4) is 0 Å². The van der Waals surface area contributed by atoms with E-state index in [0.717, 1.165) is 5.56 Å². The number of benzene rings is 3. The van der Waals surface area contributed by atoms with Gasteiger partial charge in [-0.05, 0) is 47.9 Å². The third-order valence-corrected chi connectivity index (χ3v) is 6.47. The van der Waals surface area contributed by atoms with Crippen LogP contribution in [-0.4, -0.2) is 31.8 Å². The summed E-state index contributed by atoms with van der Waals surface area (Å²) in [6.45, 7) is 0.379. The third-order valence-electron chi connectivity index (χ3n) is 6.22. The van der Waals surface area contributed by atoms with Gasteiger partial charge in [0.15, 0.2) is 11.2 Å². The summed E-state index contributed by atoms with van der Waals surface area (Å²) in [5.41, 5.74) is 2.13. The number of halogens is 1. The highest BCUT2D eigenvalue weighted by molar-refractivity contribution is 6.30. The maximum absolute atomic E-state index is 13.7. The van der Waals surface area contributed by atoms with Crippen molar-refractivity contribution in [2.24, 2.45) is 0 Å². The van der Waals surface area contributed by atoms with Crippen molar-refractivity contribution in [1.29, 1.82) is 0 Å². The molecule has 0 saturated carbocycles. The minimum atomic E-state index is -0.490. The van der Waals surface area contributed by atoms with Gasteiger partial charge in [0.2, 0.25) is 0 Å². The standard InChI is InChI=1S/C28H23ClN4O4/c1-37-27(35)23-10-6-5-9-20(23)17-31-18-30-25-24(31)26(34)32(16-15-19-7-3-2-4-8-19)28(36)33(25)22-13-11-21(29)12-14-22/h2-14,18H,15-17H2,1H3. The van der Waals surface area contributed by atoms with Gasteiger partial charge in [-0.1, -0.05) is 60.1 Å². The van der Waals surface area contributed by atoms with Crippen LogP contribution in [0.1, 0.15) is 21.5 Å². The van der Waals surface area contributed by atoms with Crippen LogP contribution in [0, 0.1) is 0 Å². The molecule has 2 heterocycles. The number of nitrogens with zero attached hydrogens (tertiary/aromatic N) is 4. The fraction of sp³-hybridized carbons (Fsp3) is 0.143. The predicted molar refractivity (Wildman–Crippen MR) is 142 cm³/mol. The molecule has 9 heteroatoms. The van der Waals surface area contributed by atoms with Crippen LogP contribution < -0.4 is 11.2 Å². The molecular formula is C28H23ClN4O4. The van der Waals surface area contributed by atoms with Gasteiger partial charge in [-0.3, -0.25) is 9.36 Å². The highest BCUT2D eigenvalue weighted by Gasteiger charge is 2.20. The molecule has 2 aromatic heterocycles. The lowest BCUT2D eigenvalue weighted by molar-refractivity contribution is 0.0599. The highest BCUT2D eigenvalue weighted by Crippen LogP contribution is 2.18. The molecule has 0 unspecified atom stereocenters. The first-order valence-corrected chi connectivity index (χ1v) is 12.0. The fourth-order valence-electron chi connectivity index (χ4n) is 4.36. The van der Waals surface area contributed by atoms with E-state index in [-0.39, 0.29) is 24.3 Å². The van der Waals surface area contributed by atoms with Gasteiger partial charge in [0.25, 0.3) is 5.56 Å². The molecule has 0 saturated heterocycles. The molecule has 0 aliphatic heterocycles. The minimum Gasteiger partial charge on any atom is -0.465 e. The number of rotatable bonds is 7. The molecule has 37 heavy (non-hydrogen) atoms. The Balaban J connectivity index is 1.69. The lowest BCUT2D eigenvalue weighted by Gasteiger charge is -2.14. The van der Waals surface area contributed by atoms with Crippen LogP contribution in [0.15, 0.2) is 94.8 Å². The smallest absolute Gasteiger partial charge is 0.338 e. The maximum Gasteiger partial charge on any atom is 0.338 e. The van der Waals surface area contributed by atoms with Crippen molar-refractivity contribution in [1.82, 2.24) is 18.7 Å². The minimum absolute atomic E-state index is 0.189. The van der Waals surface area contributed by atoms with Gasteiger partial charge in [0.05, 0.1) is 31.2 Å². The predicted octanol–water partition coefficient (Wildman–Crippen LogP) is 4.08. The first-order valence-electron chi connectivity index (χ1n) is 11.6. The Hall–Kier alpha value is -4.43. The van der Waals surface area contributed by atoms with Crippen LogP contribution in [-0.2, 0) is 24.2 Å². The molecule has 0 amide bonds. The molecule has 0 N–H and O–H groups in total. The average Bonchev–Trinajstić information content (AvgIpc) is 3.33. The number of carbonyl (C=O) groups excluding carboxylic acids is 1. The number of hydrogen-bond donors (Lipinski definition) is 0. The molecular weight excluding hydrogens is 492 g/mol. The van der Waals surface area contributed by atoms with E-state index in [1.807, 2.05) is 36.4 Å². The van der Waals surface area contributed by atoms with E-state index >= 15 is 0 Å². The second kappa shape index (κ2) is 10.3. The summed E-state index contributed by atoms with van der Waals surface area (Å²) >= 11 is 6.08. The molecule has 8 nitrogen and oxygen atoms in total. The number of methoxy groups -OCH3 is 1. The molecule has 0 bridgehead atoms. The first kappa shape index (κ1) is 24.3. The summed E-state index contributed by atoms with van der Waals surface area (Å²) in [7, 11) is 1.32. The maximum atomic E-state index is 13.7. The Kier molecular flexibility index (Phi) is 6.74. The number of ether oxygens (including phenoxy) is 1. The zero-order valence-electron chi connectivity index (χ0n) is 20.0. The number of aromatic nitrogens is 4. The average molecular weight is 515 g/mol. The third kappa shape index (κ3) is 4.71. The Morgan fingerprint density at radius 2 is 1.65 bits per heavy atom. The van der Waals surface area contributed by atoms with Gasteiger partial charge in [0.1, 0.15) is 0 Å². The Bertz CT molecular complexity index is 1700. The van der Waals surface area contributed by atoms with Crippen LogP contribution in [0.2, 0.25) is 5.02 Å². The molecule has 5 aromatic rings. The topological polar surface area (TPSA) is 88.1 Å². The Labute approximate surface area is 217 Å². The summed E-state index contributed by atoms with van der Waals surface area (Å²) in [6, 6.07) is 23.5. The van der Waals surface area contributed by atoms with Gasteiger partial charge in [-0.15, -0.1) is 0 Å². The highest BCUT2D eigenvalue weighted by atomic mass is 35.5. The van der Waals surface area contributed by atoms with E-state index in [1.165, 1.54) is 22.6 Å². The molecule has 0 atom stereocenters. The van der Waals surface area contributed by atoms with Crippen molar-refractivity contribution < 1.29 is 9.53 Å². The van der Waals surface area contributed by atoms with Gasteiger partial charge in [-0.2, -0.15) is 0 Å². The molecule has 0 aliphatic carbocycles. The molecule has 0 spiro atoms. The lowest BCUT2D eigenvalue weighted by Crippen LogP contribution is -2.40. The van der Waals surface area contributed by atoms with Gasteiger partial charge >= 0.3 is 11.7 Å². The Morgan fingerprint density at radius 3 is 2.38 bits per heavy atom. The van der Waals surface area contributed by atoms with E-state index in [1.54, 1.807) is 47.0 Å². The molecule has 5 rings (SSSR count). The number of esters is 1. The number of hydrogen-bond acceptors (Lipinski definition) is 5. The van der Waals surface area contributed by atoms with E-state index in [9.17, 15) is 14.4 Å². The molecule has 0 radical (unpaired) electrons. The van der Waals surface area contributed by atoms with Crippen molar-refractivity contribution in [2.75, 3.05) is 7.11 Å². The van der Waals surface area contributed by atoms with Crippen LogP contribution >= 0.6 is 11.6 Å². The van der Waals surface area contributed by atoms with Crippen molar-refractivity contribution in [3.05, 3.63) is 128 Å². The molecule has 3 aromatic carbocycles. The zero-order chi connectivity index (χ0) is 25.9. The van der Waals surface area contributed by atoms with Crippen molar-refractivity contribution in [2.45, 2.75) is 19.5 Å². The van der Waals surface area contributed by atoms with E-state index in [2.05, 4.69) is 4.98 Å². The van der Waals surface area contributed by atoms with E-state index in [4.69, 9.17) is 16.3 Å². The van der Waals surface area contributed by atoms with Gasteiger partial charge in [0, 0.05) is 11.6 Å². The number of carbonyl (C=O) groups is 1. The Morgan fingerprint density at radius 1 is 0.946 bits per heavy atom. The molecule has 0 aliphatic rings. The number of imidazole rings is 1. The van der Waals surface area contributed by atoms with Crippen molar-refractivity contribution in [3.8, 4) is 5.69 Å². The summed E-state index contributed by atoms with van der Waals surface area (Å²) in [4.78, 5) is 44.1. The molecule has 0 fully saturated rings. The number of aryl methyl sites for hydroxylation is 1. The fourth-order valence-corrected chi connectivity index (χ4v) is 4.48. The summed E-state index contributed by atoms with van der Waals surface area (Å²) < 4.78 is 9.22. The summed E-state index contributed by atoms with van der Waals surface area (Å²) in [6.07, 6.45) is 2.01. The quantitative estimate of drug-likeness (QED) is 0.305. The van der Waals surface area contributed by atoms with Crippen LogP contribution in [0.5, 0.6) is 0 Å². The number of fused-ring (bicyclic) bond motifs is 1. The van der Waals surface area contributed by atoms with Crippen molar-refractivity contribution >= 4 is 28.7 Å². The van der Waals surface area contributed by atoms with Gasteiger partial charge in [-0.25, -0.2) is 19.1 Å². The largest absolute Gasteiger partial charge is 0.465 e. The van der Waals surface area contributed by atoms with Crippen LogP contribution in [0.4, 0.5) is 0 Å². The SMILES string of the molecule is COC(=O)c1ccccc1Cn1cnc2c1c(=O)n(CCc1ccccc1)c(=O)n2-c1ccc(Cl)cc1. The summed E-state index contributed by atoms with van der Waals surface area (Å²) in [5.74, 6) is -0.474. The van der Waals surface area contributed by atoms with E-state index < -0.39 is 17.2 Å². The van der Waals surface area contributed by atoms with E-state index in [0.29, 0.717) is 28.3 Å². The second-order valence-electron chi connectivity index (χ2n) is 8.48. The first-order chi connectivity index (χ1) is 18.0. The monoisotopic (exact) mass is 514 g/mol. The van der Waals surface area contributed by atoms with Gasteiger partial charge < -0.3 is 9.30 Å². The summed E-state index contributed by atoms with van der Waals surface area (Å²) in [5, 5.41) is 0.524.